The van der Waals surface area contributed by atoms with Crippen molar-refractivity contribution in [3.05, 3.63) is 78.0 Å². The van der Waals surface area contributed by atoms with Gasteiger partial charge in [0.05, 0.1) is 7.11 Å². The van der Waals surface area contributed by atoms with Gasteiger partial charge in [0.1, 0.15) is 18.6 Å². The molecule has 1 heterocycles. The van der Waals surface area contributed by atoms with Crippen LogP contribution in [0.25, 0.3) is 11.1 Å². The number of ether oxygens (including phenoxy) is 2. The van der Waals surface area contributed by atoms with E-state index in [2.05, 4.69) is 4.98 Å². The molecule has 0 aliphatic heterocycles. The lowest BCUT2D eigenvalue weighted by atomic mass is 10.0. The second kappa shape index (κ2) is 7.42. The molecule has 0 atom stereocenters. The number of pyridine rings is 1. The van der Waals surface area contributed by atoms with Crippen LogP contribution in [0.5, 0.6) is 11.6 Å². The molecular weight excluding hydrogens is 302 g/mol. The Balaban J connectivity index is 1.94. The van der Waals surface area contributed by atoms with Gasteiger partial charge >= 0.3 is 0 Å². The summed E-state index contributed by atoms with van der Waals surface area (Å²) in [6.45, 7) is 0.455. The van der Waals surface area contributed by atoms with Crippen LogP contribution in [0.2, 0.25) is 0 Å². The van der Waals surface area contributed by atoms with Crippen molar-refractivity contribution in [2.24, 2.45) is 0 Å². The van der Waals surface area contributed by atoms with Crippen molar-refractivity contribution < 1.29 is 14.3 Å². The van der Waals surface area contributed by atoms with E-state index in [9.17, 15) is 4.79 Å². The molecule has 3 rings (SSSR count). The van der Waals surface area contributed by atoms with E-state index in [4.69, 9.17) is 9.47 Å². The minimum atomic E-state index is 0.455. The van der Waals surface area contributed by atoms with Crippen molar-refractivity contribution in [1.29, 1.82) is 0 Å². The largest absolute Gasteiger partial charge is 0.488 e. The van der Waals surface area contributed by atoms with Crippen LogP contribution in [0.1, 0.15) is 15.9 Å². The van der Waals surface area contributed by atoms with Crippen molar-refractivity contribution in [3.8, 4) is 22.8 Å². The first-order valence-corrected chi connectivity index (χ1v) is 7.56. The minimum Gasteiger partial charge on any atom is -0.488 e. The Morgan fingerprint density at radius 1 is 1.04 bits per heavy atom. The summed E-state index contributed by atoms with van der Waals surface area (Å²) in [7, 11) is 1.57. The van der Waals surface area contributed by atoms with Crippen LogP contribution in [-0.4, -0.2) is 18.4 Å². The van der Waals surface area contributed by atoms with E-state index in [1.807, 2.05) is 54.6 Å². The number of nitrogens with zero attached hydrogens (tertiary/aromatic N) is 1. The molecule has 0 amide bonds. The highest BCUT2D eigenvalue weighted by Gasteiger charge is 2.10. The summed E-state index contributed by atoms with van der Waals surface area (Å²) in [6.07, 6.45) is 2.49. The number of methoxy groups -OCH3 is 1. The van der Waals surface area contributed by atoms with Crippen LogP contribution in [0, 0.1) is 0 Å². The SMILES string of the molecule is COc1cc(-c2cc(C=O)ccc2OCc2ccccc2)ccn1. The summed E-state index contributed by atoms with van der Waals surface area (Å²) in [4.78, 5) is 15.2. The summed E-state index contributed by atoms with van der Waals surface area (Å²) >= 11 is 0. The van der Waals surface area contributed by atoms with Gasteiger partial charge in [-0.15, -0.1) is 0 Å². The summed E-state index contributed by atoms with van der Waals surface area (Å²) in [5, 5.41) is 0. The van der Waals surface area contributed by atoms with Gasteiger partial charge in [0.15, 0.2) is 0 Å². The van der Waals surface area contributed by atoms with Gasteiger partial charge in [0.2, 0.25) is 5.88 Å². The summed E-state index contributed by atoms with van der Waals surface area (Å²) in [6, 6.07) is 19.0. The third-order valence-electron chi connectivity index (χ3n) is 3.63. The predicted octanol–water partition coefficient (Wildman–Crippen LogP) is 4.15. The standard InChI is InChI=1S/C20H17NO3/c1-23-20-12-17(9-10-21-20)18-11-16(13-22)7-8-19(18)24-14-15-5-3-2-4-6-15/h2-13H,14H2,1H3. The molecule has 0 aliphatic carbocycles. The Hall–Kier alpha value is -3.14. The van der Waals surface area contributed by atoms with Gasteiger partial charge in [0, 0.05) is 23.4 Å². The molecule has 0 spiro atoms. The highest BCUT2D eigenvalue weighted by atomic mass is 16.5. The second-order valence-electron chi connectivity index (χ2n) is 5.23. The number of rotatable bonds is 6. The molecule has 4 nitrogen and oxygen atoms in total. The number of aromatic nitrogens is 1. The molecule has 0 saturated carbocycles. The van der Waals surface area contributed by atoms with E-state index in [1.165, 1.54) is 0 Å². The fraction of sp³-hybridized carbons (Fsp3) is 0.100. The van der Waals surface area contributed by atoms with Gasteiger partial charge in [-0.05, 0) is 35.4 Å². The zero-order chi connectivity index (χ0) is 16.8. The van der Waals surface area contributed by atoms with Crippen LogP contribution in [-0.2, 0) is 6.61 Å². The molecule has 0 aliphatic rings. The number of aldehydes is 1. The maximum absolute atomic E-state index is 11.1. The maximum Gasteiger partial charge on any atom is 0.213 e. The van der Waals surface area contributed by atoms with E-state index >= 15 is 0 Å². The Bertz CT molecular complexity index is 831. The zero-order valence-electron chi connectivity index (χ0n) is 13.3. The molecule has 1 aromatic heterocycles. The first-order valence-electron chi connectivity index (χ1n) is 7.56. The van der Waals surface area contributed by atoms with E-state index in [-0.39, 0.29) is 0 Å². The summed E-state index contributed by atoms with van der Waals surface area (Å²) in [5.74, 6) is 1.22. The van der Waals surface area contributed by atoms with E-state index in [0.717, 1.165) is 23.0 Å². The summed E-state index contributed by atoms with van der Waals surface area (Å²) < 4.78 is 11.2. The third kappa shape index (κ3) is 3.60. The predicted molar refractivity (Wildman–Crippen MR) is 92.4 cm³/mol. The highest BCUT2D eigenvalue weighted by Crippen LogP contribution is 2.32. The van der Waals surface area contributed by atoms with Gasteiger partial charge in [-0.3, -0.25) is 4.79 Å². The van der Waals surface area contributed by atoms with E-state index < -0.39 is 0 Å². The molecule has 0 bridgehead atoms. The molecule has 0 unspecified atom stereocenters. The van der Waals surface area contributed by atoms with Crippen molar-refractivity contribution in [1.82, 2.24) is 4.98 Å². The Morgan fingerprint density at radius 3 is 2.62 bits per heavy atom. The van der Waals surface area contributed by atoms with Crippen LogP contribution in [0.15, 0.2) is 66.9 Å². The van der Waals surface area contributed by atoms with Crippen LogP contribution >= 0.6 is 0 Å². The Labute approximate surface area is 140 Å². The van der Waals surface area contributed by atoms with Gasteiger partial charge in [-0.2, -0.15) is 0 Å². The smallest absolute Gasteiger partial charge is 0.213 e. The molecule has 2 aromatic carbocycles. The number of benzene rings is 2. The number of hydrogen-bond donors (Lipinski definition) is 0. The summed E-state index contributed by atoms with van der Waals surface area (Å²) in [5.41, 5.74) is 3.38. The fourth-order valence-electron chi connectivity index (χ4n) is 2.40. The quantitative estimate of drug-likeness (QED) is 0.640. The lowest BCUT2D eigenvalue weighted by molar-refractivity contribution is 0.112. The van der Waals surface area contributed by atoms with Crippen molar-refractivity contribution in [3.63, 3.8) is 0 Å². The third-order valence-corrected chi connectivity index (χ3v) is 3.63. The maximum atomic E-state index is 11.1. The van der Waals surface area contributed by atoms with Crippen LogP contribution in [0.3, 0.4) is 0 Å². The van der Waals surface area contributed by atoms with E-state index in [1.54, 1.807) is 19.4 Å². The molecule has 0 saturated heterocycles. The minimum absolute atomic E-state index is 0.455. The molecule has 120 valence electrons. The molecule has 4 heteroatoms. The first kappa shape index (κ1) is 15.7. The number of carbonyl (C=O) groups is 1. The fourth-order valence-corrected chi connectivity index (χ4v) is 2.40. The van der Waals surface area contributed by atoms with Crippen LogP contribution in [0.4, 0.5) is 0 Å². The number of carbonyl (C=O) groups excluding carboxylic acids is 1. The van der Waals surface area contributed by atoms with Crippen molar-refractivity contribution in [2.45, 2.75) is 6.61 Å². The average Bonchev–Trinajstić information content (AvgIpc) is 2.67. The zero-order valence-corrected chi connectivity index (χ0v) is 13.3. The van der Waals surface area contributed by atoms with Gasteiger partial charge in [0.25, 0.3) is 0 Å². The molecule has 0 N–H and O–H groups in total. The molecule has 0 radical (unpaired) electrons. The van der Waals surface area contributed by atoms with Gasteiger partial charge in [-0.25, -0.2) is 4.98 Å². The van der Waals surface area contributed by atoms with E-state index in [0.29, 0.717) is 23.8 Å². The van der Waals surface area contributed by atoms with Gasteiger partial charge in [-0.1, -0.05) is 30.3 Å². The first-order chi connectivity index (χ1) is 11.8. The highest BCUT2D eigenvalue weighted by molar-refractivity contribution is 5.81. The number of hydrogen-bond acceptors (Lipinski definition) is 4. The van der Waals surface area contributed by atoms with Crippen LogP contribution < -0.4 is 9.47 Å². The molecular formula is C20H17NO3. The average molecular weight is 319 g/mol. The Kier molecular flexibility index (Phi) is 4.87. The lowest BCUT2D eigenvalue weighted by Gasteiger charge is -2.13. The molecule has 3 aromatic rings. The Morgan fingerprint density at radius 2 is 1.88 bits per heavy atom. The topological polar surface area (TPSA) is 48.4 Å². The second-order valence-corrected chi connectivity index (χ2v) is 5.23. The normalized spacial score (nSPS) is 10.2. The monoisotopic (exact) mass is 319 g/mol. The molecule has 0 fully saturated rings. The molecule has 24 heavy (non-hydrogen) atoms. The lowest BCUT2D eigenvalue weighted by Crippen LogP contribution is -1.98. The van der Waals surface area contributed by atoms with Crippen molar-refractivity contribution in [2.75, 3.05) is 7.11 Å². The van der Waals surface area contributed by atoms with Gasteiger partial charge < -0.3 is 9.47 Å². The van der Waals surface area contributed by atoms with Crippen molar-refractivity contribution >= 4 is 6.29 Å².